The summed E-state index contributed by atoms with van der Waals surface area (Å²) in [6.45, 7) is 3.51. The lowest BCUT2D eigenvalue weighted by Crippen LogP contribution is -2.38. The third-order valence-electron chi connectivity index (χ3n) is 3.70. The summed E-state index contributed by atoms with van der Waals surface area (Å²) in [5, 5.41) is 3.64. The molecular weight excluding hydrogens is 210 g/mol. The molecule has 0 radical (unpaired) electrons. The highest BCUT2D eigenvalue weighted by molar-refractivity contribution is 5.27. The van der Waals surface area contributed by atoms with Gasteiger partial charge in [-0.15, -0.1) is 0 Å². The van der Waals surface area contributed by atoms with Crippen molar-refractivity contribution in [2.75, 3.05) is 13.7 Å². The highest BCUT2D eigenvalue weighted by Gasteiger charge is 2.16. The van der Waals surface area contributed by atoms with Gasteiger partial charge >= 0.3 is 0 Å². The van der Waals surface area contributed by atoms with Crippen LogP contribution in [0.5, 0.6) is 5.75 Å². The average molecular weight is 233 g/mol. The van der Waals surface area contributed by atoms with E-state index >= 15 is 0 Å². The van der Waals surface area contributed by atoms with Crippen LogP contribution in [0.1, 0.15) is 31.7 Å². The van der Waals surface area contributed by atoms with Crippen LogP contribution in [0.2, 0.25) is 0 Å². The zero-order chi connectivity index (χ0) is 12.1. The molecule has 0 aliphatic carbocycles. The fourth-order valence-corrected chi connectivity index (χ4v) is 2.44. The van der Waals surface area contributed by atoms with Crippen LogP contribution >= 0.6 is 0 Å². The Labute approximate surface area is 104 Å². The van der Waals surface area contributed by atoms with Gasteiger partial charge in [0.1, 0.15) is 5.75 Å². The molecular formula is C15H23NO. The first-order valence-corrected chi connectivity index (χ1v) is 6.64. The van der Waals surface area contributed by atoms with Crippen molar-refractivity contribution >= 4 is 0 Å². The van der Waals surface area contributed by atoms with E-state index in [9.17, 15) is 0 Å². The van der Waals surface area contributed by atoms with Crippen molar-refractivity contribution in [3.63, 3.8) is 0 Å². The lowest BCUT2D eigenvalue weighted by Gasteiger charge is -2.27. The van der Waals surface area contributed by atoms with Gasteiger partial charge in [0.2, 0.25) is 0 Å². The Kier molecular flexibility index (Phi) is 4.43. The van der Waals surface area contributed by atoms with Gasteiger partial charge in [-0.25, -0.2) is 0 Å². The molecule has 2 rings (SSSR count). The third kappa shape index (κ3) is 3.74. The van der Waals surface area contributed by atoms with Crippen molar-refractivity contribution < 1.29 is 4.74 Å². The van der Waals surface area contributed by atoms with Gasteiger partial charge in [0.05, 0.1) is 7.11 Å². The van der Waals surface area contributed by atoms with Crippen LogP contribution in [0.3, 0.4) is 0 Å². The minimum Gasteiger partial charge on any atom is -0.497 e. The van der Waals surface area contributed by atoms with Crippen molar-refractivity contribution in [3.05, 3.63) is 29.8 Å². The van der Waals surface area contributed by atoms with Crippen LogP contribution in [0.4, 0.5) is 0 Å². The second-order valence-corrected chi connectivity index (χ2v) is 5.17. The summed E-state index contributed by atoms with van der Waals surface area (Å²) in [6, 6.07) is 9.15. The van der Waals surface area contributed by atoms with E-state index < -0.39 is 0 Å². The number of rotatable bonds is 4. The molecule has 2 nitrogen and oxygen atoms in total. The van der Waals surface area contributed by atoms with Crippen molar-refractivity contribution in [2.45, 2.75) is 38.6 Å². The minimum absolute atomic E-state index is 0.716. The molecule has 0 saturated carbocycles. The molecule has 2 atom stereocenters. The molecule has 1 heterocycles. The molecule has 1 aliphatic rings. The first kappa shape index (κ1) is 12.4. The Morgan fingerprint density at radius 3 is 2.59 bits per heavy atom. The Morgan fingerprint density at radius 2 is 2.00 bits per heavy atom. The average Bonchev–Trinajstić information content (AvgIpc) is 2.39. The van der Waals surface area contributed by atoms with E-state index in [0.717, 1.165) is 18.1 Å². The van der Waals surface area contributed by atoms with Gasteiger partial charge in [-0.2, -0.15) is 0 Å². The molecule has 17 heavy (non-hydrogen) atoms. The maximum absolute atomic E-state index is 5.16. The van der Waals surface area contributed by atoms with Crippen molar-refractivity contribution in [1.29, 1.82) is 0 Å². The number of aryl methyl sites for hydroxylation is 1. The molecule has 0 amide bonds. The second-order valence-electron chi connectivity index (χ2n) is 5.17. The second kappa shape index (κ2) is 6.06. The molecule has 94 valence electrons. The lowest BCUT2D eigenvalue weighted by atomic mass is 9.93. The summed E-state index contributed by atoms with van der Waals surface area (Å²) < 4.78 is 5.16. The quantitative estimate of drug-likeness (QED) is 0.863. The largest absolute Gasteiger partial charge is 0.497 e. The van der Waals surface area contributed by atoms with Crippen LogP contribution in [0, 0.1) is 5.92 Å². The Hall–Kier alpha value is -1.02. The molecule has 0 bridgehead atoms. The number of hydrogen-bond acceptors (Lipinski definition) is 2. The Bertz CT molecular complexity index is 325. The zero-order valence-corrected chi connectivity index (χ0v) is 10.9. The molecule has 1 saturated heterocycles. The minimum atomic E-state index is 0.716. The van der Waals surface area contributed by atoms with Crippen molar-refractivity contribution in [2.24, 2.45) is 5.92 Å². The number of ether oxygens (including phenoxy) is 1. The summed E-state index contributed by atoms with van der Waals surface area (Å²) in [5.74, 6) is 1.80. The Morgan fingerprint density at radius 1 is 1.24 bits per heavy atom. The molecule has 1 aromatic rings. The van der Waals surface area contributed by atoms with E-state index in [-0.39, 0.29) is 0 Å². The molecule has 1 fully saturated rings. The molecule has 2 unspecified atom stereocenters. The molecule has 1 aliphatic heterocycles. The third-order valence-corrected chi connectivity index (χ3v) is 3.70. The van der Waals surface area contributed by atoms with E-state index in [0.29, 0.717) is 6.04 Å². The predicted octanol–water partition coefficient (Wildman–Crippen LogP) is 3.02. The summed E-state index contributed by atoms with van der Waals surface area (Å²) >= 11 is 0. The summed E-state index contributed by atoms with van der Waals surface area (Å²) in [6.07, 6.45) is 5.12. The predicted molar refractivity (Wildman–Crippen MR) is 71.5 cm³/mol. The number of nitrogens with one attached hydrogen (secondary N) is 1. The SMILES string of the molecule is COc1ccc(CCC2CCC(C)CN2)cc1. The van der Waals surface area contributed by atoms with Gasteiger partial charge in [-0.3, -0.25) is 0 Å². The van der Waals surface area contributed by atoms with Crippen LogP contribution < -0.4 is 10.1 Å². The van der Waals surface area contributed by atoms with E-state index in [1.165, 1.54) is 31.4 Å². The van der Waals surface area contributed by atoms with E-state index in [2.05, 4.69) is 24.4 Å². The fourth-order valence-electron chi connectivity index (χ4n) is 2.44. The summed E-state index contributed by atoms with van der Waals surface area (Å²) in [5.41, 5.74) is 1.41. The van der Waals surface area contributed by atoms with Crippen LogP contribution in [-0.2, 0) is 6.42 Å². The maximum Gasteiger partial charge on any atom is 0.118 e. The topological polar surface area (TPSA) is 21.3 Å². The zero-order valence-electron chi connectivity index (χ0n) is 10.9. The normalized spacial score (nSPS) is 24.6. The van der Waals surface area contributed by atoms with Gasteiger partial charge in [0, 0.05) is 6.04 Å². The number of piperidine rings is 1. The first-order chi connectivity index (χ1) is 8.28. The highest BCUT2D eigenvalue weighted by atomic mass is 16.5. The van der Waals surface area contributed by atoms with Crippen molar-refractivity contribution in [1.82, 2.24) is 5.32 Å². The van der Waals surface area contributed by atoms with E-state index in [1.807, 2.05) is 12.1 Å². The number of hydrogen-bond donors (Lipinski definition) is 1. The fraction of sp³-hybridized carbons (Fsp3) is 0.600. The van der Waals surface area contributed by atoms with E-state index in [1.54, 1.807) is 7.11 Å². The van der Waals surface area contributed by atoms with Gasteiger partial charge < -0.3 is 10.1 Å². The molecule has 1 N–H and O–H groups in total. The van der Waals surface area contributed by atoms with Crippen LogP contribution in [0.25, 0.3) is 0 Å². The molecule has 1 aromatic carbocycles. The van der Waals surface area contributed by atoms with Gasteiger partial charge in [0.25, 0.3) is 0 Å². The summed E-state index contributed by atoms with van der Waals surface area (Å²) in [4.78, 5) is 0. The van der Waals surface area contributed by atoms with Gasteiger partial charge in [0.15, 0.2) is 0 Å². The highest BCUT2D eigenvalue weighted by Crippen LogP contribution is 2.18. The monoisotopic (exact) mass is 233 g/mol. The first-order valence-electron chi connectivity index (χ1n) is 6.64. The molecule has 2 heteroatoms. The standard InChI is InChI=1S/C15H23NO/c1-12-3-7-14(16-11-12)8-4-13-5-9-15(17-2)10-6-13/h5-6,9-10,12,14,16H,3-4,7-8,11H2,1-2H3. The molecule has 0 aromatic heterocycles. The van der Waals surface area contributed by atoms with E-state index in [4.69, 9.17) is 4.74 Å². The molecule has 0 spiro atoms. The summed E-state index contributed by atoms with van der Waals surface area (Å²) in [7, 11) is 1.71. The number of methoxy groups -OCH3 is 1. The maximum atomic E-state index is 5.16. The van der Waals surface area contributed by atoms with Crippen LogP contribution in [-0.4, -0.2) is 19.7 Å². The van der Waals surface area contributed by atoms with Crippen molar-refractivity contribution in [3.8, 4) is 5.75 Å². The lowest BCUT2D eigenvalue weighted by molar-refractivity contribution is 0.316. The van der Waals surface area contributed by atoms with Crippen LogP contribution in [0.15, 0.2) is 24.3 Å². The smallest absolute Gasteiger partial charge is 0.118 e. The Balaban J connectivity index is 1.77. The van der Waals surface area contributed by atoms with Gasteiger partial charge in [-0.05, 0) is 55.8 Å². The van der Waals surface area contributed by atoms with Gasteiger partial charge in [-0.1, -0.05) is 19.1 Å². The number of benzene rings is 1.